The first-order valence-corrected chi connectivity index (χ1v) is 18.3. The van der Waals surface area contributed by atoms with Crippen LogP contribution in [0.2, 0.25) is 0 Å². The van der Waals surface area contributed by atoms with Crippen LogP contribution in [0.15, 0.2) is 182 Å². The SMILES string of the molecule is c1ccc(-c2cccc3c4ccc(-c5ccc(-n6c7ccccc7c7ccccc76)cc5)cc4n(-c4ccc5sc6ccccc6c5c4)c23)cc1. The minimum atomic E-state index is 1.16. The van der Waals surface area contributed by atoms with Gasteiger partial charge in [-0.05, 0) is 71.3 Å². The van der Waals surface area contributed by atoms with Crippen molar-refractivity contribution in [3.8, 4) is 33.6 Å². The molecule has 238 valence electrons. The molecule has 8 aromatic carbocycles. The van der Waals surface area contributed by atoms with Crippen molar-refractivity contribution in [2.45, 2.75) is 0 Å². The summed E-state index contributed by atoms with van der Waals surface area (Å²) in [5.41, 5.74) is 12.1. The summed E-state index contributed by atoms with van der Waals surface area (Å²) < 4.78 is 7.51. The lowest BCUT2D eigenvalue weighted by molar-refractivity contribution is 1.18. The molecule has 0 aliphatic heterocycles. The number of para-hydroxylation sites is 3. The third-order valence-corrected chi connectivity index (χ3v) is 11.7. The Morgan fingerprint density at radius 1 is 0.314 bits per heavy atom. The molecule has 0 saturated heterocycles. The van der Waals surface area contributed by atoms with Crippen molar-refractivity contribution < 1.29 is 0 Å². The normalized spacial score (nSPS) is 11.9. The third-order valence-electron chi connectivity index (χ3n) is 10.5. The van der Waals surface area contributed by atoms with Gasteiger partial charge in [-0.3, -0.25) is 0 Å². The zero-order chi connectivity index (χ0) is 33.5. The second kappa shape index (κ2) is 11.0. The van der Waals surface area contributed by atoms with Gasteiger partial charge in [0.1, 0.15) is 0 Å². The van der Waals surface area contributed by atoms with Crippen LogP contribution in [0.25, 0.3) is 97.4 Å². The highest BCUT2D eigenvalue weighted by molar-refractivity contribution is 7.25. The van der Waals surface area contributed by atoms with E-state index in [4.69, 9.17) is 0 Å². The number of benzene rings is 8. The van der Waals surface area contributed by atoms with E-state index in [1.165, 1.54) is 91.7 Å². The Bertz CT molecular complexity index is 3070. The predicted octanol–water partition coefficient (Wildman–Crippen LogP) is 13.6. The molecule has 0 aliphatic rings. The van der Waals surface area contributed by atoms with E-state index in [2.05, 4.69) is 191 Å². The van der Waals surface area contributed by atoms with E-state index < -0.39 is 0 Å². The first-order chi connectivity index (χ1) is 25.3. The summed E-state index contributed by atoms with van der Waals surface area (Å²) >= 11 is 1.86. The number of nitrogens with zero attached hydrogens (tertiary/aromatic N) is 2. The van der Waals surface area contributed by atoms with E-state index in [0.29, 0.717) is 0 Å². The lowest BCUT2D eigenvalue weighted by Crippen LogP contribution is -1.96. The summed E-state index contributed by atoms with van der Waals surface area (Å²) in [7, 11) is 0. The minimum absolute atomic E-state index is 1.16. The van der Waals surface area contributed by atoms with Crippen molar-refractivity contribution in [3.05, 3.63) is 182 Å². The van der Waals surface area contributed by atoms with E-state index in [-0.39, 0.29) is 0 Å². The van der Waals surface area contributed by atoms with Crippen LogP contribution in [-0.4, -0.2) is 9.13 Å². The molecule has 51 heavy (non-hydrogen) atoms. The number of thiophene rings is 1. The number of hydrogen-bond donors (Lipinski definition) is 0. The number of hydrogen-bond acceptors (Lipinski definition) is 1. The van der Waals surface area contributed by atoms with Crippen LogP contribution < -0.4 is 0 Å². The van der Waals surface area contributed by atoms with E-state index in [1.54, 1.807) is 0 Å². The monoisotopic (exact) mass is 666 g/mol. The van der Waals surface area contributed by atoms with Gasteiger partial charge in [0, 0.05) is 58.7 Å². The average Bonchev–Trinajstić information content (AvgIpc) is 3.85. The van der Waals surface area contributed by atoms with Crippen LogP contribution >= 0.6 is 11.3 Å². The first-order valence-electron chi connectivity index (χ1n) is 17.4. The molecule has 0 unspecified atom stereocenters. The molecule has 0 N–H and O–H groups in total. The molecule has 0 saturated carbocycles. The predicted molar refractivity (Wildman–Crippen MR) is 219 cm³/mol. The molecular weight excluding hydrogens is 637 g/mol. The number of aromatic nitrogens is 2. The Morgan fingerprint density at radius 2 is 0.922 bits per heavy atom. The second-order valence-corrected chi connectivity index (χ2v) is 14.4. The van der Waals surface area contributed by atoms with Crippen molar-refractivity contribution in [3.63, 3.8) is 0 Å². The van der Waals surface area contributed by atoms with Gasteiger partial charge in [0.15, 0.2) is 0 Å². The van der Waals surface area contributed by atoms with Crippen LogP contribution in [-0.2, 0) is 0 Å². The van der Waals surface area contributed by atoms with Crippen LogP contribution in [0.3, 0.4) is 0 Å². The topological polar surface area (TPSA) is 9.86 Å². The fraction of sp³-hybridized carbons (Fsp3) is 0. The van der Waals surface area contributed by atoms with Crippen LogP contribution in [0.4, 0.5) is 0 Å². The van der Waals surface area contributed by atoms with Crippen LogP contribution in [0.1, 0.15) is 0 Å². The Kier molecular flexibility index (Phi) is 6.16. The van der Waals surface area contributed by atoms with Gasteiger partial charge in [0.2, 0.25) is 0 Å². The van der Waals surface area contributed by atoms with E-state index in [9.17, 15) is 0 Å². The van der Waals surface area contributed by atoms with Gasteiger partial charge in [0.05, 0.1) is 22.1 Å². The molecule has 0 fully saturated rings. The summed E-state index contributed by atoms with van der Waals surface area (Å²) in [6.45, 7) is 0. The largest absolute Gasteiger partial charge is 0.309 e. The molecule has 0 bridgehead atoms. The molecule has 3 aromatic heterocycles. The summed E-state index contributed by atoms with van der Waals surface area (Å²) in [5.74, 6) is 0. The molecular formula is C48H30N2S. The molecule has 0 aliphatic carbocycles. The molecule has 3 heteroatoms. The van der Waals surface area contributed by atoms with Gasteiger partial charge < -0.3 is 9.13 Å². The second-order valence-electron chi connectivity index (χ2n) is 13.3. The Hall–Kier alpha value is -6.42. The summed E-state index contributed by atoms with van der Waals surface area (Å²) in [6, 6.07) is 66.7. The zero-order valence-corrected chi connectivity index (χ0v) is 28.4. The maximum atomic E-state index is 2.49. The molecule has 0 radical (unpaired) electrons. The smallest absolute Gasteiger partial charge is 0.0619 e. The molecule has 11 rings (SSSR count). The fourth-order valence-corrected chi connectivity index (χ4v) is 9.31. The Labute approximate surface area is 298 Å². The summed E-state index contributed by atoms with van der Waals surface area (Å²) in [5, 5.41) is 7.68. The van der Waals surface area contributed by atoms with Crippen LogP contribution in [0.5, 0.6) is 0 Å². The standard InChI is InChI=1S/C48H30N2S/c1-2-11-32(12-3-1)36-16-10-17-41-39-27-23-33(29-45(39)50(48(36)41)35-26-28-47-42(30-35)40-15-6-9-20-46(40)51-47)31-21-24-34(25-22-31)49-43-18-7-4-13-37(43)38-14-5-8-19-44(38)49/h1-30H. The molecule has 0 amide bonds. The lowest BCUT2D eigenvalue weighted by Gasteiger charge is -2.13. The molecule has 3 heterocycles. The molecule has 11 aromatic rings. The molecule has 0 spiro atoms. The Balaban J connectivity index is 1.13. The third kappa shape index (κ3) is 4.29. The quantitative estimate of drug-likeness (QED) is 0.177. The average molecular weight is 667 g/mol. The lowest BCUT2D eigenvalue weighted by atomic mass is 10.0. The van der Waals surface area contributed by atoms with Gasteiger partial charge in [-0.2, -0.15) is 0 Å². The molecule has 0 atom stereocenters. The van der Waals surface area contributed by atoms with Crippen molar-refractivity contribution in [1.82, 2.24) is 9.13 Å². The van der Waals surface area contributed by atoms with Crippen molar-refractivity contribution in [2.75, 3.05) is 0 Å². The van der Waals surface area contributed by atoms with E-state index >= 15 is 0 Å². The van der Waals surface area contributed by atoms with Gasteiger partial charge in [0.25, 0.3) is 0 Å². The van der Waals surface area contributed by atoms with Gasteiger partial charge in [-0.1, -0.05) is 127 Å². The highest BCUT2D eigenvalue weighted by Crippen LogP contribution is 2.42. The van der Waals surface area contributed by atoms with E-state index in [1.807, 2.05) is 11.3 Å². The van der Waals surface area contributed by atoms with Crippen molar-refractivity contribution in [1.29, 1.82) is 0 Å². The summed E-state index contributed by atoms with van der Waals surface area (Å²) in [6.07, 6.45) is 0. The van der Waals surface area contributed by atoms with Gasteiger partial charge in [-0.25, -0.2) is 0 Å². The van der Waals surface area contributed by atoms with Crippen molar-refractivity contribution in [2.24, 2.45) is 0 Å². The fourth-order valence-electron chi connectivity index (χ4n) is 8.22. The maximum Gasteiger partial charge on any atom is 0.0619 e. The van der Waals surface area contributed by atoms with Gasteiger partial charge in [-0.15, -0.1) is 11.3 Å². The zero-order valence-electron chi connectivity index (χ0n) is 27.6. The number of fused-ring (bicyclic) bond motifs is 9. The van der Waals surface area contributed by atoms with Gasteiger partial charge >= 0.3 is 0 Å². The maximum absolute atomic E-state index is 2.49. The Morgan fingerprint density at radius 3 is 1.71 bits per heavy atom. The van der Waals surface area contributed by atoms with E-state index in [0.717, 1.165) is 5.69 Å². The minimum Gasteiger partial charge on any atom is -0.309 e. The summed E-state index contributed by atoms with van der Waals surface area (Å²) in [4.78, 5) is 0. The number of rotatable bonds is 4. The highest BCUT2D eigenvalue weighted by atomic mass is 32.1. The molecule has 2 nitrogen and oxygen atoms in total. The first kappa shape index (κ1) is 28.4. The highest BCUT2D eigenvalue weighted by Gasteiger charge is 2.19. The van der Waals surface area contributed by atoms with Crippen LogP contribution in [0, 0.1) is 0 Å². The van der Waals surface area contributed by atoms with Crippen molar-refractivity contribution >= 4 is 75.1 Å².